The zero-order valence-corrected chi connectivity index (χ0v) is 17.7. The molecule has 0 aliphatic carbocycles. The largest absolute Gasteiger partial charge is 0.326 e. The van der Waals surface area contributed by atoms with Crippen molar-refractivity contribution in [3.63, 3.8) is 0 Å². The second-order valence-electron chi connectivity index (χ2n) is 8.55. The number of rotatable bonds is 2. The fourth-order valence-corrected chi connectivity index (χ4v) is 5.32. The molecule has 2 aliphatic rings. The molecule has 6 rings (SSSR count). The second-order valence-corrected chi connectivity index (χ2v) is 8.55. The molecule has 33 heavy (non-hydrogen) atoms. The molecule has 4 aromatic rings. The zero-order valence-electron chi connectivity index (χ0n) is 17.7. The van der Waals surface area contributed by atoms with Crippen molar-refractivity contribution in [1.29, 1.82) is 0 Å². The smallest absolute Gasteiger partial charge is 0.260 e. The van der Waals surface area contributed by atoms with E-state index < -0.39 is 17.5 Å². The van der Waals surface area contributed by atoms with Gasteiger partial charge in [-0.05, 0) is 43.9 Å². The maximum atomic E-state index is 14.0. The molecule has 0 saturated carbocycles. The standard InChI is InChI=1S/C23H19F3N6O/c1-30-21(12-8-16(24)19(26)17(25)9-12)14-10-13-4-2-5-18(20(14)29-30)32(13)23(33)15-11-28-31-7-3-6-27-22(15)31/h3,6-9,11,13,18H,2,4-5,10H2,1H3/t13-,18+/m1/s1. The maximum absolute atomic E-state index is 14.0. The molecule has 1 aromatic carbocycles. The van der Waals surface area contributed by atoms with E-state index in [9.17, 15) is 18.0 Å². The Morgan fingerprint density at radius 3 is 2.73 bits per heavy atom. The number of aromatic nitrogens is 5. The van der Waals surface area contributed by atoms with Gasteiger partial charge in [0.1, 0.15) is 5.56 Å². The van der Waals surface area contributed by atoms with Crippen molar-refractivity contribution < 1.29 is 18.0 Å². The Bertz CT molecular complexity index is 1400. The van der Waals surface area contributed by atoms with Crippen LogP contribution in [0.1, 0.15) is 46.9 Å². The Balaban J connectivity index is 1.45. The predicted molar refractivity (Wildman–Crippen MR) is 112 cm³/mol. The average Bonchev–Trinajstić information content (AvgIpc) is 3.37. The molecule has 2 aliphatic heterocycles. The Hall–Kier alpha value is -3.69. The highest BCUT2D eigenvalue weighted by Gasteiger charge is 2.44. The lowest BCUT2D eigenvalue weighted by atomic mass is 9.81. The summed E-state index contributed by atoms with van der Waals surface area (Å²) in [4.78, 5) is 19.8. The molecule has 5 heterocycles. The van der Waals surface area contributed by atoms with Gasteiger partial charge in [-0.25, -0.2) is 22.7 Å². The Morgan fingerprint density at radius 2 is 1.94 bits per heavy atom. The zero-order chi connectivity index (χ0) is 22.9. The third-order valence-electron chi connectivity index (χ3n) is 6.68. The van der Waals surface area contributed by atoms with Crippen LogP contribution in [0.25, 0.3) is 16.9 Å². The van der Waals surface area contributed by atoms with Gasteiger partial charge in [-0.1, -0.05) is 0 Å². The lowest BCUT2D eigenvalue weighted by Crippen LogP contribution is -2.49. The number of benzene rings is 1. The molecule has 0 radical (unpaired) electrons. The van der Waals surface area contributed by atoms with Crippen LogP contribution in [0.3, 0.4) is 0 Å². The fourth-order valence-electron chi connectivity index (χ4n) is 5.32. The molecule has 1 fully saturated rings. The molecule has 168 valence electrons. The van der Waals surface area contributed by atoms with Crippen molar-refractivity contribution in [3.05, 3.63) is 71.1 Å². The van der Waals surface area contributed by atoms with E-state index in [4.69, 9.17) is 0 Å². The molecule has 1 saturated heterocycles. The molecule has 2 atom stereocenters. The molecule has 2 bridgehead atoms. The monoisotopic (exact) mass is 452 g/mol. The lowest BCUT2D eigenvalue weighted by Gasteiger charge is -2.45. The van der Waals surface area contributed by atoms with Crippen LogP contribution in [-0.4, -0.2) is 41.2 Å². The highest BCUT2D eigenvalue weighted by atomic mass is 19.2. The van der Waals surface area contributed by atoms with E-state index >= 15 is 0 Å². The minimum absolute atomic E-state index is 0.0968. The van der Waals surface area contributed by atoms with Crippen molar-refractivity contribution in [2.45, 2.75) is 37.8 Å². The van der Waals surface area contributed by atoms with Crippen LogP contribution in [0.2, 0.25) is 0 Å². The van der Waals surface area contributed by atoms with Crippen LogP contribution in [0.15, 0.2) is 36.8 Å². The van der Waals surface area contributed by atoms with E-state index in [0.717, 1.165) is 37.0 Å². The highest BCUT2D eigenvalue weighted by Crippen LogP contribution is 2.45. The molecule has 0 spiro atoms. The van der Waals surface area contributed by atoms with Crippen molar-refractivity contribution in [2.24, 2.45) is 7.05 Å². The van der Waals surface area contributed by atoms with Crippen molar-refractivity contribution in [1.82, 2.24) is 29.3 Å². The lowest BCUT2D eigenvalue weighted by molar-refractivity contribution is 0.0393. The third-order valence-corrected chi connectivity index (χ3v) is 6.68. The first-order chi connectivity index (χ1) is 15.9. The summed E-state index contributed by atoms with van der Waals surface area (Å²) in [5.74, 6) is -4.14. The van der Waals surface area contributed by atoms with Crippen LogP contribution in [0, 0.1) is 17.5 Å². The second kappa shape index (κ2) is 7.16. The Kier molecular flexibility index (Phi) is 4.33. The fraction of sp³-hybridized carbons (Fsp3) is 0.304. The van der Waals surface area contributed by atoms with Crippen molar-refractivity contribution in [2.75, 3.05) is 0 Å². The molecular formula is C23H19F3N6O. The van der Waals surface area contributed by atoms with Gasteiger partial charge < -0.3 is 4.90 Å². The maximum Gasteiger partial charge on any atom is 0.260 e. The first-order valence-corrected chi connectivity index (χ1v) is 10.8. The number of amides is 1. The number of hydrogen-bond acceptors (Lipinski definition) is 4. The number of carbonyl (C=O) groups is 1. The summed E-state index contributed by atoms with van der Waals surface area (Å²) < 4.78 is 44.6. The van der Waals surface area contributed by atoms with Crippen LogP contribution in [-0.2, 0) is 13.5 Å². The molecule has 1 amide bonds. The molecule has 10 heteroatoms. The first-order valence-electron chi connectivity index (χ1n) is 10.8. The SMILES string of the molecule is Cn1nc2c(c1-c1cc(F)c(F)c(F)c1)C[C@H]1CCC[C@@H]2N1C(=O)c1cnn2cccnc12. The molecule has 7 nitrogen and oxygen atoms in total. The van der Waals surface area contributed by atoms with Gasteiger partial charge in [0, 0.05) is 36.6 Å². The van der Waals surface area contributed by atoms with E-state index in [1.54, 1.807) is 34.7 Å². The van der Waals surface area contributed by atoms with Crippen LogP contribution in [0.5, 0.6) is 0 Å². The van der Waals surface area contributed by atoms with Gasteiger partial charge in [-0.2, -0.15) is 10.2 Å². The van der Waals surface area contributed by atoms with E-state index in [2.05, 4.69) is 15.2 Å². The summed E-state index contributed by atoms with van der Waals surface area (Å²) >= 11 is 0. The number of hydrogen-bond donors (Lipinski definition) is 0. The normalized spacial score (nSPS) is 19.7. The van der Waals surface area contributed by atoms with Gasteiger partial charge in [0.15, 0.2) is 23.1 Å². The number of aryl methyl sites for hydroxylation is 1. The quantitative estimate of drug-likeness (QED) is 0.434. The average molecular weight is 452 g/mol. The number of nitrogens with zero attached hydrogens (tertiary/aromatic N) is 6. The van der Waals surface area contributed by atoms with E-state index in [1.807, 2.05) is 4.90 Å². The molecule has 0 unspecified atom stereocenters. The third kappa shape index (κ3) is 2.89. The van der Waals surface area contributed by atoms with Gasteiger partial charge in [0.05, 0.1) is 23.6 Å². The number of carbonyl (C=O) groups excluding carboxylic acids is 1. The summed E-state index contributed by atoms with van der Waals surface area (Å²) in [6.07, 6.45) is 7.85. The number of piperidine rings is 1. The Labute approximate surface area is 186 Å². The van der Waals surface area contributed by atoms with Gasteiger partial charge in [-0.3, -0.25) is 9.48 Å². The van der Waals surface area contributed by atoms with E-state index in [-0.39, 0.29) is 23.6 Å². The van der Waals surface area contributed by atoms with Crippen molar-refractivity contribution in [3.8, 4) is 11.3 Å². The highest BCUT2D eigenvalue weighted by molar-refractivity contribution is 6.00. The van der Waals surface area contributed by atoms with Gasteiger partial charge in [0.2, 0.25) is 0 Å². The minimum atomic E-state index is -1.49. The summed E-state index contributed by atoms with van der Waals surface area (Å²) in [5.41, 5.74) is 3.25. The predicted octanol–water partition coefficient (Wildman–Crippen LogP) is 3.84. The van der Waals surface area contributed by atoms with Gasteiger partial charge >= 0.3 is 0 Å². The number of halogens is 3. The van der Waals surface area contributed by atoms with Crippen LogP contribution < -0.4 is 0 Å². The molecular weight excluding hydrogens is 433 g/mol. The summed E-state index contributed by atoms with van der Waals surface area (Å²) in [7, 11) is 1.69. The van der Waals surface area contributed by atoms with E-state index in [1.165, 1.54) is 6.20 Å². The summed E-state index contributed by atoms with van der Waals surface area (Å²) in [5, 5.41) is 8.89. The number of fused-ring (bicyclic) bond motifs is 5. The topological polar surface area (TPSA) is 68.3 Å². The van der Waals surface area contributed by atoms with Crippen LogP contribution in [0.4, 0.5) is 13.2 Å². The Morgan fingerprint density at radius 1 is 1.15 bits per heavy atom. The first kappa shape index (κ1) is 20.0. The van der Waals surface area contributed by atoms with E-state index in [0.29, 0.717) is 29.0 Å². The summed E-state index contributed by atoms with van der Waals surface area (Å²) in [6, 6.07) is 3.36. The van der Waals surface area contributed by atoms with Crippen LogP contribution >= 0.6 is 0 Å². The molecule has 0 N–H and O–H groups in total. The minimum Gasteiger partial charge on any atom is -0.326 e. The molecule has 3 aromatic heterocycles. The van der Waals surface area contributed by atoms with Crippen molar-refractivity contribution >= 4 is 11.6 Å². The van der Waals surface area contributed by atoms with Gasteiger partial charge in [0.25, 0.3) is 5.91 Å². The summed E-state index contributed by atoms with van der Waals surface area (Å²) in [6.45, 7) is 0. The van der Waals surface area contributed by atoms with Gasteiger partial charge in [-0.15, -0.1) is 0 Å².